The van der Waals surface area contributed by atoms with Crippen LogP contribution in [0.15, 0.2) is 34.4 Å². The monoisotopic (exact) mass is 315 g/mol. The maximum Gasteiger partial charge on any atom is 0.163 e. The summed E-state index contributed by atoms with van der Waals surface area (Å²) in [6.07, 6.45) is 1.72. The second-order valence-corrected chi connectivity index (χ2v) is 5.38. The first-order chi connectivity index (χ1) is 8.48. The third-order valence-corrected chi connectivity index (χ3v) is 3.21. The first-order valence-electron chi connectivity index (χ1n) is 5.64. The average Bonchev–Trinajstić information content (AvgIpc) is 2.33. The fraction of sp³-hybridized carbons (Fsp3) is 0.385. The van der Waals surface area contributed by atoms with Crippen LogP contribution in [0.1, 0.15) is 13.8 Å². The molecular formula is C13H15BrFNO2. The SMILES string of the molecule is CC1(C)OCC(=CNc2cccc(Br)c2F)CO1. The zero-order valence-electron chi connectivity index (χ0n) is 10.3. The third kappa shape index (κ3) is 3.31. The molecule has 1 aliphatic heterocycles. The average molecular weight is 316 g/mol. The van der Waals surface area contributed by atoms with E-state index in [1.807, 2.05) is 13.8 Å². The highest BCUT2D eigenvalue weighted by Crippen LogP contribution is 2.24. The van der Waals surface area contributed by atoms with Crippen LogP contribution >= 0.6 is 15.9 Å². The van der Waals surface area contributed by atoms with E-state index in [-0.39, 0.29) is 5.82 Å². The van der Waals surface area contributed by atoms with Crippen molar-refractivity contribution in [3.63, 3.8) is 0 Å². The van der Waals surface area contributed by atoms with Gasteiger partial charge in [0.2, 0.25) is 0 Å². The molecule has 1 saturated heterocycles. The second-order valence-electron chi connectivity index (χ2n) is 4.53. The van der Waals surface area contributed by atoms with E-state index in [9.17, 15) is 4.39 Å². The van der Waals surface area contributed by atoms with E-state index in [1.54, 1.807) is 24.4 Å². The maximum atomic E-state index is 13.7. The van der Waals surface area contributed by atoms with E-state index in [4.69, 9.17) is 9.47 Å². The summed E-state index contributed by atoms with van der Waals surface area (Å²) < 4.78 is 25.1. The molecule has 1 aromatic carbocycles. The molecule has 0 radical (unpaired) electrons. The Hall–Kier alpha value is -0.910. The Kier molecular flexibility index (Phi) is 4.04. The van der Waals surface area contributed by atoms with Crippen molar-refractivity contribution in [1.29, 1.82) is 0 Å². The molecule has 5 heteroatoms. The van der Waals surface area contributed by atoms with Gasteiger partial charge in [-0.3, -0.25) is 0 Å². The number of halogens is 2. The Morgan fingerprint density at radius 3 is 2.67 bits per heavy atom. The molecule has 2 rings (SSSR count). The van der Waals surface area contributed by atoms with Crippen molar-refractivity contribution in [3.8, 4) is 0 Å². The minimum Gasteiger partial charge on any atom is -0.359 e. The van der Waals surface area contributed by atoms with Gasteiger partial charge in [0.05, 0.1) is 23.4 Å². The molecule has 0 unspecified atom stereocenters. The van der Waals surface area contributed by atoms with Crippen molar-refractivity contribution in [1.82, 2.24) is 0 Å². The standard InChI is InChI=1S/C13H15BrFNO2/c1-13(2)17-7-9(8-18-13)6-16-11-5-3-4-10(14)12(11)15/h3-6,16H,7-8H2,1-2H3. The summed E-state index contributed by atoms with van der Waals surface area (Å²) in [5.41, 5.74) is 1.36. The van der Waals surface area contributed by atoms with Gasteiger partial charge in [-0.2, -0.15) is 0 Å². The van der Waals surface area contributed by atoms with Crippen LogP contribution in [0.25, 0.3) is 0 Å². The van der Waals surface area contributed by atoms with Crippen molar-refractivity contribution in [3.05, 3.63) is 40.3 Å². The molecule has 1 aromatic rings. The second kappa shape index (κ2) is 5.38. The fourth-order valence-corrected chi connectivity index (χ4v) is 1.86. The summed E-state index contributed by atoms with van der Waals surface area (Å²) in [6.45, 7) is 4.70. The van der Waals surface area contributed by atoms with E-state index in [1.165, 1.54) is 0 Å². The maximum absolute atomic E-state index is 13.7. The van der Waals surface area contributed by atoms with Gasteiger partial charge in [0.25, 0.3) is 0 Å². The number of anilines is 1. The third-order valence-electron chi connectivity index (χ3n) is 2.59. The highest BCUT2D eigenvalue weighted by Gasteiger charge is 2.24. The Bertz CT molecular complexity index is 462. The van der Waals surface area contributed by atoms with Crippen LogP contribution in [-0.4, -0.2) is 19.0 Å². The summed E-state index contributed by atoms with van der Waals surface area (Å²) >= 11 is 3.14. The molecule has 18 heavy (non-hydrogen) atoms. The quantitative estimate of drug-likeness (QED) is 0.903. The molecule has 0 amide bonds. The predicted octanol–water partition coefficient (Wildman–Crippen LogP) is 3.67. The molecule has 1 N–H and O–H groups in total. The molecule has 98 valence electrons. The van der Waals surface area contributed by atoms with Gasteiger partial charge in [-0.05, 0) is 47.5 Å². The van der Waals surface area contributed by atoms with Crippen LogP contribution in [0.5, 0.6) is 0 Å². The molecular weight excluding hydrogens is 301 g/mol. The number of benzene rings is 1. The largest absolute Gasteiger partial charge is 0.359 e. The van der Waals surface area contributed by atoms with Crippen molar-refractivity contribution in [2.45, 2.75) is 19.6 Å². The number of nitrogens with one attached hydrogen (secondary N) is 1. The van der Waals surface area contributed by atoms with Crippen molar-refractivity contribution >= 4 is 21.6 Å². The summed E-state index contributed by atoms with van der Waals surface area (Å²) in [4.78, 5) is 0. The molecule has 3 nitrogen and oxygen atoms in total. The zero-order chi connectivity index (χ0) is 13.2. The predicted molar refractivity (Wildman–Crippen MR) is 71.8 cm³/mol. The lowest BCUT2D eigenvalue weighted by atomic mass is 10.2. The van der Waals surface area contributed by atoms with Crippen LogP contribution in [0, 0.1) is 5.82 Å². The first-order valence-corrected chi connectivity index (χ1v) is 6.44. The lowest BCUT2D eigenvalue weighted by Gasteiger charge is -2.31. The van der Waals surface area contributed by atoms with Gasteiger partial charge in [-0.1, -0.05) is 6.07 Å². The van der Waals surface area contributed by atoms with Crippen LogP contribution in [0.4, 0.5) is 10.1 Å². The van der Waals surface area contributed by atoms with Gasteiger partial charge in [0.1, 0.15) is 0 Å². The zero-order valence-corrected chi connectivity index (χ0v) is 11.9. The number of hydrogen-bond acceptors (Lipinski definition) is 3. The molecule has 0 bridgehead atoms. The van der Waals surface area contributed by atoms with Gasteiger partial charge >= 0.3 is 0 Å². The van der Waals surface area contributed by atoms with E-state index in [0.717, 1.165) is 5.57 Å². The topological polar surface area (TPSA) is 30.5 Å². The smallest absolute Gasteiger partial charge is 0.163 e. The molecule has 1 aliphatic rings. The fourth-order valence-electron chi connectivity index (χ4n) is 1.49. The van der Waals surface area contributed by atoms with Gasteiger partial charge in [0.15, 0.2) is 11.6 Å². The van der Waals surface area contributed by atoms with Gasteiger partial charge in [-0.15, -0.1) is 0 Å². The Balaban J connectivity index is 2.01. The van der Waals surface area contributed by atoms with Gasteiger partial charge < -0.3 is 14.8 Å². The first kappa shape index (κ1) is 13.5. The van der Waals surface area contributed by atoms with Crippen molar-refractivity contribution < 1.29 is 13.9 Å². The lowest BCUT2D eigenvalue weighted by molar-refractivity contribution is -0.225. The van der Waals surface area contributed by atoms with Crippen LogP contribution in [0.3, 0.4) is 0 Å². The minimum atomic E-state index is -0.543. The van der Waals surface area contributed by atoms with E-state index in [2.05, 4.69) is 21.2 Å². The molecule has 0 atom stereocenters. The van der Waals surface area contributed by atoms with E-state index < -0.39 is 5.79 Å². The van der Waals surface area contributed by atoms with Crippen molar-refractivity contribution in [2.75, 3.05) is 18.5 Å². The highest BCUT2D eigenvalue weighted by molar-refractivity contribution is 9.10. The summed E-state index contributed by atoms with van der Waals surface area (Å²) in [7, 11) is 0. The molecule has 0 spiro atoms. The molecule has 1 heterocycles. The minimum absolute atomic E-state index is 0.313. The molecule has 1 fully saturated rings. The Labute approximate surface area is 114 Å². The van der Waals surface area contributed by atoms with E-state index in [0.29, 0.717) is 23.4 Å². The number of ether oxygens (including phenoxy) is 2. The van der Waals surface area contributed by atoms with Crippen molar-refractivity contribution in [2.24, 2.45) is 0 Å². The van der Waals surface area contributed by atoms with E-state index >= 15 is 0 Å². The van der Waals surface area contributed by atoms with Gasteiger partial charge in [0, 0.05) is 6.20 Å². The van der Waals surface area contributed by atoms with Crippen LogP contribution < -0.4 is 5.32 Å². The number of hydrogen-bond donors (Lipinski definition) is 1. The summed E-state index contributed by atoms with van der Waals surface area (Å²) in [5, 5.41) is 2.92. The molecule has 0 aromatic heterocycles. The number of rotatable bonds is 2. The normalized spacial score (nSPS) is 18.6. The Morgan fingerprint density at radius 1 is 1.33 bits per heavy atom. The Morgan fingerprint density at radius 2 is 2.00 bits per heavy atom. The lowest BCUT2D eigenvalue weighted by Crippen LogP contribution is -2.35. The molecule has 0 saturated carbocycles. The summed E-state index contributed by atoms with van der Waals surface area (Å²) in [5.74, 6) is -0.856. The molecule has 0 aliphatic carbocycles. The van der Waals surface area contributed by atoms with Crippen LogP contribution in [-0.2, 0) is 9.47 Å². The van der Waals surface area contributed by atoms with Gasteiger partial charge in [-0.25, -0.2) is 4.39 Å². The highest BCUT2D eigenvalue weighted by atomic mass is 79.9. The summed E-state index contributed by atoms with van der Waals surface area (Å²) in [6, 6.07) is 5.10. The van der Waals surface area contributed by atoms with Crippen LogP contribution in [0.2, 0.25) is 0 Å².